The van der Waals surface area contributed by atoms with E-state index in [1.807, 2.05) is 0 Å². The Labute approximate surface area is 102 Å². The van der Waals surface area contributed by atoms with Gasteiger partial charge in [0.25, 0.3) is 5.91 Å². The van der Waals surface area contributed by atoms with Gasteiger partial charge in [-0.05, 0) is 6.07 Å². The van der Waals surface area contributed by atoms with Gasteiger partial charge in [-0.25, -0.2) is 4.79 Å². The number of nitrogens with two attached hydrogens (primary N) is 1. The zero-order valence-corrected chi connectivity index (χ0v) is 9.39. The molecular weight excluding hydrogens is 248 g/mol. The molecule has 1 atom stereocenters. The predicted molar refractivity (Wildman–Crippen MR) is 60.3 cm³/mol. The van der Waals surface area contributed by atoms with Crippen LogP contribution in [0, 0.1) is 4.91 Å². The summed E-state index contributed by atoms with van der Waals surface area (Å²) < 4.78 is 4.72. The second kappa shape index (κ2) is 5.95. The third kappa shape index (κ3) is 3.84. The van der Waals surface area contributed by atoms with Crippen LogP contribution in [0.2, 0.25) is 5.02 Å². The predicted octanol–water partition coefficient (Wildman–Crippen LogP) is 2.16. The van der Waals surface area contributed by atoms with Crippen molar-refractivity contribution in [3.8, 4) is 0 Å². The van der Waals surface area contributed by atoms with E-state index in [0.717, 1.165) is 0 Å². The maximum atomic E-state index is 10.9. The summed E-state index contributed by atoms with van der Waals surface area (Å²) in [5.41, 5.74) is 5.27. The van der Waals surface area contributed by atoms with Crippen LogP contribution in [0.4, 0.5) is 4.79 Å². The fourth-order valence-electron chi connectivity index (χ4n) is 1.29. The van der Waals surface area contributed by atoms with Crippen LogP contribution in [0.5, 0.6) is 0 Å². The Hall–Kier alpha value is -1.95. The number of hydrogen-bond donors (Lipinski definition) is 1. The number of rotatable bonds is 4. The Morgan fingerprint density at radius 2 is 2.06 bits per heavy atom. The highest BCUT2D eigenvalue weighted by Crippen LogP contribution is 2.28. The van der Waals surface area contributed by atoms with Crippen molar-refractivity contribution in [1.29, 1.82) is 0 Å². The molecule has 0 unspecified atom stereocenters. The van der Waals surface area contributed by atoms with Crippen molar-refractivity contribution in [1.82, 2.24) is 0 Å². The van der Waals surface area contributed by atoms with E-state index in [4.69, 9.17) is 22.1 Å². The summed E-state index contributed by atoms with van der Waals surface area (Å²) in [6.07, 6.45) is -2.46. The molecule has 0 saturated carbocycles. The van der Waals surface area contributed by atoms with E-state index >= 15 is 0 Å². The van der Waals surface area contributed by atoms with E-state index < -0.39 is 24.5 Å². The minimum absolute atomic E-state index is 0.303. The largest absolute Gasteiger partial charge is 0.441 e. The van der Waals surface area contributed by atoms with E-state index in [0.29, 0.717) is 10.6 Å². The first-order chi connectivity index (χ1) is 8.04. The number of hydrogen-bond acceptors (Lipinski definition) is 4. The fraction of sp³-hybridized carbons (Fsp3) is 0.200. The zero-order valence-electron chi connectivity index (χ0n) is 8.63. The van der Waals surface area contributed by atoms with Crippen molar-refractivity contribution in [2.75, 3.05) is 0 Å². The summed E-state index contributed by atoms with van der Waals surface area (Å²) in [5, 5.41) is 2.53. The summed E-state index contributed by atoms with van der Waals surface area (Å²) in [7, 11) is 0. The molecule has 6 nitrogen and oxygen atoms in total. The lowest BCUT2D eigenvalue weighted by Gasteiger charge is -2.15. The lowest BCUT2D eigenvalue weighted by atomic mass is 10.1. The Bertz CT molecular complexity index is 450. The number of carbonyl (C=O) groups is 2. The lowest BCUT2D eigenvalue weighted by molar-refractivity contribution is -0.119. The summed E-state index contributed by atoms with van der Waals surface area (Å²) in [5.74, 6) is -0.948. The molecule has 0 aromatic heterocycles. The minimum atomic E-state index is -1.06. The summed E-state index contributed by atoms with van der Waals surface area (Å²) in [6, 6.07) is 6.45. The molecule has 0 bridgehead atoms. The van der Waals surface area contributed by atoms with Crippen molar-refractivity contribution in [3.05, 3.63) is 39.8 Å². The van der Waals surface area contributed by atoms with Crippen LogP contribution >= 0.6 is 11.6 Å². The van der Waals surface area contributed by atoms with Crippen LogP contribution < -0.4 is 5.73 Å². The number of nitrogens with zero attached hydrogens (tertiary/aromatic N) is 1. The van der Waals surface area contributed by atoms with Crippen LogP contribution in [-0.2, 0) is 9.53 Å². The van der Waals surface area contributed by atoms with E-state index in [1.165, 1.54) is 0 Å². The first-order valence-corrected chi connectivity index (χ1v) is 4.99. The van der Waals surface area contributed by atoms with E-state index in [-0.39, 0.29) is 0 Å². The van der Waals surface area contributed by atoms with E-state index in [2.05, 4.69) is 5.18 Å². The molecule has 0 aliphatic heterocycles. The van der Waals surface area contributed by atoms with Gasteiger partial charge in [-0.3, -0.25) is 4.79 Å². The lowest BCUT2D eigenvalue weighted by Crippen LogP contribution is -2.19. The highest BCUT2D eigenvalue weighted by molar-refractivity contribution is 6.31. The van der Waals surface area contributed by atoms with Gasteiger partial charge < -0.3 is 10.5 Å². The summed E-state index contributed by atoms with van der Waals surface area (Å²) >= 11 is 5.88. The minimum Gasteiger partial charge on any atom is -0.441 e. The van der Waals surface area contributed by atoms with Crippen LogP contribution in [0.3, 0.4) is 0 Å². The molecule has 90 valence electrons. The topological polar surface area (TPSA) is 98.8 Å². The molecule has 0 fully saturated rings. The maximum Gasteiger partial charge on any atom is 0.405 e. The van der Waals surface area contributed by atoms with Gasteiger partial charge in [-0.15, -0.1) is 4.91 Å². The molecule has 0 spiro atoms. The summed E-state index contributed by atoms with van der Waals surface area (Å²) in [4.78, 5) is 31.7. The van der Waals surface area contributed by atoms with Crippen molar-refractivity contribution >= 4 is 23.6 Å². The standard InChI is InChI=1S/C10H9ClN2O4/c11-7-4-2-1-3-6(7)8(17-10(12)15)5-9(14)13-16/h1-4,8H,5H2,(H2,12,15)/t8-/m1/s1. The molecule has 1 rings (SSSR count). The average molecular weight is 257 g/mol. The molecule has 0 aliphatic carbocycles. The second-order valence-electron chi connectivity index (χ2n) is 3.14. The van der Waals surface area contributed by atoms with Gasteiger partial charge in [-0.2, -0.15) is 0 Å². The number of primary amides is 1. The smallest absolute Gasteiger partial charge is 0.405 e. The van der Waals surface area contributed by atoms with Crippen LogP contribution in [0.15, 0.2) is 29.4 Å². The maximum absolute atomic E-state index is 10.9. The molecule has 0 heterocycles. The van der Waals surface area contributed by atoms with Crippen molar-refractivity contribution in [2.45, 2.75) is 12.5 Å². The SMILES string of the molecule is NC(=O)O[C@H](CC(=O)N=O)c1ccccc1Cl. The molecule has 17 heavy (non-hydrogen) atoms. The first kappa shape index (κ1) is 13.1. The Morgan fingerprint density at radius 3 is 2.59 bits per heavy atom. The Balaban J connectivity index is 2.97. The number of nitroso groups, excluding NO2 is 1. The van der Waals surface area contributed by atoms with E-state index in [9.17, 15) is 14.5 Å². The number of halogens is 1. The fourth-order valence-corrected chi connectivity index (χ4v) is 1.54. The van der Waals surface area contributed by atoms with Crippen molar-refractivity contribution < 1.29 is 14.3 Å². The first-order valence-electron chi connectivity index (χ1n) is 4.61. The molecule has 0 aliphatic rings. The number of amides is 2. The van der Waals surface area contributed by atoms with Crippen LogP contribution in [0.1, 0.15) is 18.1 Å². The second-order valence-corrected chi connectivity index (χ2v) is 3.54. The monoisotopic (exact) mass is 256 g/mol. The molecule has 2 N–H and O–H groups in total. The molecule has 0 radical (unpaired) electrons. The summed E-state index contributed by atoms with van der Waals surface area (Å²) in [6.45, 7) is 0. The Morgan fingerprint density at radius 1 is 1.41 bits per heavy atom. The molecular formula is C10H9ClN2O4. The van der Waals surface area contributed by atoms with Gasteiger partial charge in [0.2, 0.25) is 0 Å². The quantitative estimate of drug-likeness (QED) is 0.834. The molecule has 1 aromatic carbocycles. The highest BCUT2D eigenvalue weighted by atomic mass is 35.5. The molecule has 1 aromatic rings. The van der Waals surface area contributed by atoms with Gasteiger partial charge in [0.05, 0.1) is 6.42 Å². The van der Waals surface area contributed by atoms with Crippen LogP contribution in [0.25, 0.3) is 0 Å². The van der Waals surface area contributed by atoms with Crippen molar-refractivity contribution in [3.63, 3.8) is 0 Å². The van der Waals surface area contributed by atoms with Gasteiger partial charge in [0.1, 0.15) is 6.10 Å². The number of benzene rings is 1. The molecule has 2 amide bonds. The van der Waals surface area contributed by atoms with Crippen molar-refractivity contribution in [2.24, 2.45) is 10.9 Å². The van der Waals surface area contributed by atoms with Gasteiger partial charge >= 0.3 is 6.09 Å². The van der Waals surface area contributed by atoms with E-state index in [1.54, 1.807) is 24.3 Å². The molecule has 7 heteroatoms. The van der Waals surface area contributed by atoms with Gasteiger partial charge in [0.15, 0.2) is 0 Å². The average Bonchev–Trinajstić information content (AvgIpc) is 2.28. The normalized spacial score (nSPS) is 11.6. The Kier molecular flexibility index (Phi) is 4.59. The number of carbonyl (C=O) groups excluding carboxylic acids is 2. The third-order valence-electron chi connectivity index (χ3n) is 1.97. The van der Waals surface area contributed by atoms with Gasteiger partial charge in [-0.1, -0.05) is 29.8 Å². The van der Waals surface area contributed by atoms with Gasteiger partial charge in [0, 0.05) is 15.8 Å². The number of ether oxygens (including phenoxy) is 1. The molecule has 0 saturated heterocycles. The van der Waals surface area contributed by atoms with Crippen LogP contribution in [-0.4, -0.2) is 12.0 Å². The third-order valence-corrected chi connectivity index (χ3v) is 2.32. The zero-order chi connectivity index (χ0) is 12.8. The highest BCUT2D eigenvalue weighted by Gasteiger charge is 2.21.